The van der Waals surface area contributed by atoms with Gasteiger partial charge in [-0.25, -0.2) is 14.4 Å². The number of H-pyrrole nitrogens is 1. The lowest BCUT2D eigenvalue weighted by Crippen LogP contribution is -2.24. The zero-order chi connectivity index (χ0) is 22.2. The van der Waals surface area contributed by atoms with E-state index in [1.54, 1.807) is 54.6 Å². The van der Waals surface area contributed by atoms with Gasteiger partial charge in [0.15, 0.2) is 5.16 Å². The number of para-hydroxylation sites is 2. The quantitative estimate of drug-likeness (QED) is 0.308. The number of thioether (sulfide) groups is 1. The van der Waals surface area contributed by atoms with Crippen LogP contribution in [-0.2, 0) is 5.75 Å². The number of aromatic nitrogens is 4. The van der Waals surface area contributed by atoms with E-state index in [0.717, 1.165) is 0 Å². The molecule has 6 nitrogen and oxygen atoms in total. The Kier molecular flexibility index (Phi) is 5.24. The molecule has 0 saturated heterocycles. The first-order valence-corrected chi connectivity index (χ1v) is 11.0. The molecule has 0 spiro atoms. The van der Waals surface area contributed by atoms with E-state index in [1.165, 1.54) is 28.5 Å². The number of benzene rings is 3. The standard InChI is InChI=1S/C23H14ClFN4O2S/c24-13-9-10-18-15(11-13)21(30)28-23(27-18)32-12-20-26-17-7-3-1-5-14(17)22(31)29(20)19-8-4-2-6-16(19)25/h1-11H,12H2,(H,27,28,30). The molecule has 0 amide bonds. The SMILES string of the molecule is O=c1[nH]c(SCc2nc3ccccc3c(=O)n2-c2ccccc2F)nc2ccc(Cl)cc12. The highest BCUT2D eigenvalue weighted by Gasteiger charge is 2.16. The maximum Gasteiger partial charge on any atom is 0.266 e. The summed E-state index contributed by atoms with van der Waals surface area (Å²) in [6, 6.07) is 17.8. The van der Waals surface area contributed by atoms with Crippen LogP contribution in [0, 0.1) is 5.82 Å². The van der Waals surface area contributed by atoms with Crippen LogP contribution in [-0.4, -0.2) is 19.5 Å². The van der Waals surface area contributed by atoms with E-state index in [9.17, 15) is 14.0 Å². The molecule has 0 aliphatic carbocycles. The Balaban J connectivity index is 1.61. The van der Waals surface area contributed by atoms with E-state index >= 15 is 0 Å². The Labute approximate surface area is 189 Å². The molecular weight excluding hydrogens is 451 g/mol. The summed E-state index contributed by atoms with van der Waals surface area (Å²) < 4.78 is 15.9. The molecule has 158 valence electrons. The second-order valence-corrected chi connectivity index (χ2v) is 8.36. The molecule has 5 rings (SSSR count). The highest BCUT2D eigenvalue weighted by molar-refractivity contribution is 7.98. The fourth-order valence-electron chi connectivity index (χ4n) is 3.45. The van der Waals surface area contributed by atoms with Crippen LogP contribution in [0.3, 0.4) is 0 Å². The largest absolute Gasteiger partial charge is 0.301 e. The fourth-order valence-corrected chi connectivity index (χ4v) is 4.41. The van der Waals surface area contributed by atoms with Crippen LogP contribution in [0.15, 0.2) is 81.5 Å². The summed E-state index contributed by atoms with van der Waals surface area (Å²) in [5.74, 6) is -0.0223. The highest BCUT2D eigenvalue weighted by Crippen LogP contribution is 2.23. The smallest absolute Gasteiger partial charge is 0.266 e. The van der Waals surface area contributed by atoms with Crippen molar-refractivity contribution in [1.82, 2.24) is 19.5 Å². The molecule has 2 heterocycles. The molecule has 0 bridgehead atoms. The molecule has 5 aromatic rings. The summed E-state index contributed by atoms with van der Waals surface area (Å²) in [4.78, 5) is 37.5. The third-order valence-electron chi connectivity index (χ3n) is 4.92. The van der Waals surface area contributed by atoms with Gasteiger partial charge in [0.05, 0.1) is 33.2 Å². The summed E-state index contributed by atoms with van der Waals surface area (Å²) in [5.41, 5.74) is 0.429. The number of nitrogens with zero attached hydrogens (tertiary/aromatic N) is 3. The van der Waals surface area contributed by atoms with Crippen LogP contribution in [0.4, 0.5) is 4.39 Å². The predicted octanol–water partition coefficient (Wildman–Crippen LogP) is 4.71. The maximum atomic E-state index is 14.6. The van der Waals surface area contributed by atoms with E-state index in [2.05, 4.69) is 15.0 Å². The third-order valence-corrected chi connectivity index (χ3v) is 6.03. The molecule has 0 unspecified atom stereocenters. The number of aromatic amines is 1. The summed E-state index contributed by atoms with van der Waals surface area (Å²) in [6.07, 6.45) is 0. The number of fused-ring (bicyclic) bond motifs is 2. The van der Waals surface area contributed by atoms with E-state index in [0.29, 0.717) is 37.8 Å². The van der Waals surface area contributed by atoms with Crippen molar-refractivity contribution in [1.29, 1.82) is 0 Å². The van der Waals surface area contributed by atoms with Gasteiger partial charge in [-0.05, 0) is 42.5 Å². The summed E-state index contributed by atoms with van der Waals surface area (Å²) in [6.45, 7) is 0. The summed E-state index contributed by atoms with van der Waals surface area (Å²) in [7, 11) is 0. The van der Waals surface area contributed by atoms with Gasteiger partial charge in [-0.15, -0.1) is 0 Å². The number of hydrogen-bond acceptors (Lipinski definition) is 5. The lowest BCUT2D eigenvalue weighted by Gasteiger charge is -2.14. The minimum Gasteiger partial charge on any atom is -0.301 e. The third kappa shape index (κ3) is 3.68. The van der Waals surface area contributed by atoms with Gasteiger partial charge in [0.1, 0.15) is 11.6 Å². The Morgan fingerprint density at radius 2 is 1.69 bits per heavy atom. The zero-order valence-corrected chi connectivity index (χ0v) is 18.0. The first-order chi connectivity index (χ1) is 15.5. The average Bonchev–Trinajstić information content (AvgIpc) is 2.79. The predicted molar refractivity (Wildman–Crippen MR) is 124 cm³/mol. The van der Waals surface area contributed by atoms with Gasteiger partial charge in [-0.3, -0.25) is 14.2 Å². The van der Waals surface area contributed by atoms with E-state index in [1.807, 2.05) is 0 Å². The Morgan fingerprint density at radius 1 is 0.938 bits per heavy atom. The Hall–Kier alpha value is -3.49. The van der Waals surface area contributed by atoms with Crippen molar-refractivity contribution in [3.8, 4) is 5.69 Å². The topological polar surface area (TPSA) is 80.6 Å². The lowest BCUT2D eigenvalue weighted by molar-refractivity contribution is 0.613. The van der Waals surface area contributed by atoms with Gasteiger partial charge in [-0.2, -0.15) is 0 Å². The van der Waals surface area contributed by atoms with Gasteiger partial charge in [-0.1, -0.05) is 47.6 Å². The highest BCUT2D eigenvalue weighted by atomic mass is 35.5. The van der Waals surface area contributed by atoms with Crippen molar-refractivity contribution < 1.29 is 4.39 Å². The van der Waals surface area contributed by atoms with Crippen molar-refractivity contribution in [2.24, 2.45) is 0 Å². The molecule has 1 N–H and O–H groups in total. The van der Waals surface area contributed by atoms with E-state index in [-0.39, 0.29) is 22.6 Å². The van der Waals surface area contributed by atoms with Crippen LogP contribution >= 0.6 is 23.4 Å². The van der Waals surface area contributed by atoms with Gasteiger partial charge in [0.2, 0.25) is 0 Å². The minimum absolute atomic E-state index is 0.112. The molecule has 0 aliphatic rings. The Bertz CT molecular complexity index is 1620. The molecule has 2 aromatic heterocycles. The summed E-state index contributed by atoms with van der Waals surface area (Å²) >= 11 is 7.16. The second-order valence-electron chi connectivity index (χ2n) is 6.96. The second kappa shape index (κ2) is 8.22. The molecule has 0 atom stereocenters. The van der Waals surface area contributed by atoms with Crippen molar-refractivity contribution in [2.75, 3.05) is 0 Å². The van der Waals surface area contributed by atoms with Gasteiger partial charge >= 0.3 is 0 Å². The average molecular weight is 465 g/mol. The fraction of sp³-hybridized carbons (Fsp3) is 0.0435. The van der Waals surface area contributed by atoms with Crippen molar-refractivity contribution in [3.63, 3.8) is 0 Å². The monoisotopic (exact) mass is 464 g/mol. The van der Waals surface area contributed by atoms with Crippen molar-refractivity contribution >= 4 is 45.2 Å². The first-order valence-electron chi connectivity index (χ1n) is 9.59. The zero-order valence-electron chi connectivity index (χ0n) is 16.4. The molecular formula is C23H14ClFN4O2S. The normalized spacial score (nSPS) is 11.3. The van der Waals surface area contributed by atoms with Gasteiger partial charge in [0.25, 0.3) is 11.1 Å². The van der Waals surface area contributed by atoms with E-state index in [4.69, 9.17) is 11.6 Å². The van der Waals surface area contributed by atoms with Crippen molar-refractivity contribution in [2.45, 2.75) is 10.9 Å². The van der Waals surface area contributed by atoms with Gasteiger partial charge in [0, 0.05) is 5.02 Å². The molecule has 0 radical (unpaired) electrons. The lowest BCUT2D eigenvalue weighted by atomic mass is 10.2. The summed E-state index contributed by atoms with van der Waals surface area (Å²) in [5, 5.41) is 1.57. The number of hydrogen-bond donors (Lipinski definition) is 1. The van der Waals surface area contributed by atoms with Crippen LogP contribution in [0.5, 0.6) is 0 Å². The molecule has 3 aromatic carbocycles. The minimum atomic E-state index is -0.535. The van der Waals surface area contributed by atoms with E-state index < -0.39 is 5.82 Å². The Morgan fingerprint density at radius 3 is 2.53 bits per heavy atom. The van der Waals surface area contributed by atoms with Crippen LogP contribution in [0.25, 0.3) is 27.5 Å². The molecule has 0 saturated carbocycles. The maximum absolute atomic E-state index is 14.6. The van der Waals surface area contributed by atoms with Crippen molar-refractivity contribution in [3.05, 3.63) is 104 Å². The van der Waals surface area contributed by atoms with Crippen LogP contribution < -0.4 is 11.1 Å². The molecule has 0 aliphatic heterocycles. The molecule has 9 heteroatoms. The number of halogens is 2. The van der Waals surface area contributed by atoms with Crippen LogP contribution in [0.1, 0.15) is 5.82 Å². The number of nitrogens with one attached hydrogen (secondary N) is 1. The van der Waals surface area contributed by atoms with Crippen LogP contribution in [0.2, 0.25) is 5.02 Å². The molecule has 32 heavy (non-hydrogen) atoms. The van der Waals surface area contributed by atoms with Gasteiger partial charge < -0.3 is 4.98 Å². The molecule has 0 fully saturated rings. The number of rotatable bonds is 4. The first kappa shape index (κ1) is 20.4.